The van der Waals surface area contributed by atoms with Crippen LogP contribution in [0.3, 0.4) is 0 Å². The molecule has 0 atom stereocenters. The van der Waals surface area contributed by atoms with Gasteiger partial charge in [-0.05, 0) is 12.1 Å². The molecule has 1 aliphatic heterocycles. The first-order valence-electron chi connectivity index (χ1n) is 5.03. The SMILES string of the molecule is O=c1[nH]c(O)c(-c2cc(F)cc3c2OCC3)o1. The lowest BCUT2D eigenvalue weighted by molar-refractivity contribution is 0.356. The number of H-pyrrole nitrogens is 1. The van der Waals surface area contributed by atoms with Gasteiger partial charge in [0.1, 0.15) is 11.6 Å². The Balaban J connectivity index is 2.28. The molecule has 0 fully saturated rings. The molecular formula is C11H8FNO4. The molecule has 0 unspecified atom stereocenters. The zero-order chi connectivity index (χ0) is 12.0. The monoisotopic (exact) mass is 237 g/mol. The van der Waals surface area contributed by atoms with Crippen molar-refractivity contribution >= 4 is 0 Å². The van der Waals surface area contributed by atoms with Crippen molar-refractivity contribution in [3.05, 3.63) is 34.1 Å². The minimum Gasteiger partial charge on any atom is -0.492 e. The molecule has 1 aliphatic rings. The van der Waals surface area contributed by atoms with Crippen LogP contribution in [-0.2, 0) is 6.42 Å². The molecule has 0 amide bonds. The maximum atomic E-state index is 13.4. The van der Waals surface area contributed by atoms with E-state index in [9.17, 15) is 14.3 Å². The van der Waals surface area contributed by atoms with Crippen LogP contribution < -0.4 is 10.5 Å². The van der Waals surface area contributed by atoms with Crippen LogP contribution in [0, 0.1) is 5.82 Å². The van der Waals surface area contributed by atoms with Crippen molar-refractivity contribution in [2.45, 2.75) is 6.42 Å². The van der Waals surface area contributed by atoms with E-state index in [1.807, 2.05) is 0 Å². The third kappa shape index (κ3) is 1.49. The first-order valence-corrected chi connectivity index (χ1v) is 5.03. The van der Waals surface area contributed by atoms with Gasteiger partial charge in [0, 0.05) is 12.0 Å². The largest absolute Gasteiger partial charge is 0.492 e. The fourth-order valence-corrected chi connectivity index (χ4v) is 1.94. The molecule has 0 saturated heterocycles. The zero-order valence-corrected chi connectivity index (χ0v) is 8.62. The van der Waals surface area contributed by atoms with Crippen LogP contribution in [0.2, 0.25) is 0 Å². The summed E-state index contributed by atoms with van der Waals surface area (Å²) in [4.78, 5) is 13.0. The summed E-state index contributed by atoms with van der Waals surface area (Å²) in [5, 5.41) is 9.48. The molecule has 5 nitrogen and oxygen atoms in total. The second-order valence-electron chi connectivity index (χ2n) is 3.73. The van der Waals surface area contributed by atoms with Crippen molar-refractivity contribution < 1.29 is 18.7 Å². The Morgan fingerprint density at radius 3 is 2.94 bits per heavy atom. The van der Waals surface area contributed by atoms with Crippen molar-refractivity contribution in [1.82, 2.24) is 4.98 Å². The van der Waals surface area contributed by atoms with Crippen LogP contribution in [0.4, 0.5) is 4.39 Å². The highest BCUT2D eigenvalue weighted by Gasteiger charge is 2.23. The minimum atomic E-state index is -0.798. The standard InChI is InChI=1S/C11H8FNO4/c12-6-3-5-1-2-16-8(5)7(4-6)9-10(14)13-11(15)17-9/h3-4,14H,1-2H2,(H,13,15). The fourth-order valence-electron chi connectivity index (χ4n) is 1.94. The number of halogens is 1. The van der Waals surface area contributed by atoms with E-state index in [4.69, 9.17) is 9.15 Å². The highest BCUT2D eigenvalue weighted by Crippen LogP contribution is 2.39. The first kappa shape index (κ1) is 9.95. The molecular weight excluding hydrogens is 229 g/mol. The van der Waals surface area contributed by atoms with Gasteiger partial charge in [-0.15, -0.1) is 0 Å². The molecule has 2 heterocycles. The van der Waals surface area contributed by atoms with Crippen molar-refractivity contribution in [1.29, 1.82) is 0 Å². The van der Waals surface area contributed by atoms with E-state index in [2.05, 4.69) is 4.98 Å². The van der Waals surface area contributed by atoms with Gasteiger partial charge in [0.05, 0.1) is 12.2 Å². The summed E-state index contributed by atoms with van der Waals surface area (Å²) in [6, 6.07) is 2.53. The van der Waals surface area contributed by atoms with E-state index in [1.165, 1.54) is 6.07 Å². The number of benzene rings is 1. The number of aromatic amines is 1. The molecule has 2 aromatic rings. The van der Waals surface area contributed by atoms with Gasteiger partial charge in [0.2, 0.25) is 11.6 Å². The van der Waals surface area contributed by atoms with E-state index in [0.717, 1.165) is 6.07 Å². The van der Waals surface area contributed by atoms with Crippen molar-refractivity contribution in [3.63, 3.8) is 0 Å². The van der Waals surface area contributed by atoms with Crippen LogP contribution >= 0.6 is 0 Å². The molecule has 17 heavy (non-hydrogen) atoms. The van der Waals surface area contributed by atoms with Crippen LogP contribution in [0.5, 0.6) is 11.6 Å². The number of aromatic hydroxyl groups is 1. The molecule has 0 saturated carbocycles. The van der Waals surface area contributed by atoms with Crippen molar-refractivity contribution in [2.75, 3.05) is 6.61 Å². The number of ether oxygens (including phenoxy) is 1. The van der Waals surface area contributed by atoms with Gasteiger partial charge in [-0.3, -0.25) is 4.98 Å². The maximum absolute atomic E-state index is 13.4. The van der Waals surface area contributed by atoms with Crippen LogP contribution in [0.1, 0.15) is 5.56 Å². The average molecular weight is 237 g/mol. The number of oxazole rings is 1. The topological polar surface area (TPSA) is 75.5 Å². The average Bonchev–Trinajstić information content (AvgIpc) is 2.83. The molecule has 1 aromatic carbocycles. The molecule has 6 heteroatoms. The minimum absolute atomic E-state index is 0.104. The smallest absolute Gasteiger partial charge is 0.419 e. The van der Waals surface area contributed by atoms with Gasteiger partial charge in [-0.1, -0.05) is 0 Å². The second kappa shape index (κ2) is 3.38. The van der Waals surface area contributed by atoms with Gasteiger partial charge in [0.15, 0.2) is 0 Å². The lowest BCUT2D eigenvalue weighted by Gasteiger charge is -2.05. The summed E-state index contributed by atoms with van der Waals surface area (Å²) in [6.07, 6.45) is 0.593. The van der Waals surface area contributed by atoms with Crippen LogP contribution in [0.15, 0.2) is 21.3 Å². The summed E-state index contributed by atoms with van der Waals surface area (Å²) in [5.41, 5.74) is 0.941. The normalized spacial score (nSPS) is 13.5. The molecule has 0 bridgehead atoms. The molecule has 0 radical (unpaired) electrons. The van der Waals surface area contributed by atoms with Gasteiger partial charge in [-0.25, -0.2) is 9.18 Å². The molecule has 0 aliphatic carbocycles. The van der Waals surface area contributed by atoms with Gasteiger partial charge in [0.25, 0.3) is 0 Å². The Bertz CT molecular complexity index is 643. The Labute approximate surface area is 94.5 Å². The predicted molar refractivity (Wildman–Crippen MR) is 55.6 cm³/mol. The molecule has 2 N–H and O–H groups in total. The Hall–Kier alpha value is -2.24. The Morgan fingerprint density at radius 1 is 1.41 bits per heavy atom. The molecule has 0 spiro atoms. The van der Waals surface area contributed by atoms with E-state index < -0.39 is 17.5 Å². The number of rotatable bonds is 1. The van der Waals surface area contributed by atoms with Crippen molar-refractivity contribution in [3.8, 4) is 23.0 Å². The first-order chi connectivity index (χ1) is 8.15. The quantitative estimate of drug-likeness (QED) is 0.786. The maximum Gasteiger partial charge on any atom is 0.419 e. The fraction of sp³-hybridized carbons (Fsp3) is 0.182. The van der Waals surface area contributed by atoms with Gasteiger partial charge < -0.3 is 14.3 Å². The van der Waals surface area contributed by atoms with E-state index in [-0.39, 0.29) is 11.3 Å². The lowest BCUT2D eigenvalue weighted by Crippen LogP contribution is -1.93. The van der Waals surface area contributed by atoms with E-state index >= 15 is 0 Å². The number of nitrogens with one attached hydrogen (secondary N) is 1. The summed E-state index contributed by atoms with van der Waals surface area (Å²) < 4.78 is 23.5. The Kier molecular flexibility index (Phi) is 1.98. The van der Waals surface area contributed by atoms with Crippen molar-refractivity contribution in [2.24, 2.45) is 0 Å². The highest BCUT2D eigenvalue weighted by atomic mass is 19.1. The summed E-state index contributed by atoms with van der Waals surface area (Å²) >= 11 is 0. The van der Waals surface area contributed by atoms with E-state index in [0.29, 0.717) is 24.3 Å². The summed E-state index contributed by atoms with van der Waals surface area (Å²) in [5.74, 6) is -1.35. The van der Waals surface area contributed by atoms with Gasteiger partial charge in [-0.2, -0.15) is 0 Å². The van der Waals surface area contributed by atoms with Gasteiger partial charge >= 0.3 is 5.76 Å². The third-order valence-corrected chi connectivity index (χ3v) is 2.62. The number of hydrogen-bond acceptors (Lipinski definition) is 4. The summed E-state index contributed by atoms with van der Waals surface area (Å²) in [7, 11) is 0. The Morgan fingerprint density at radius 2 is 2.24 bits per heavy atom. The molecule has 88 valence electrons. The van der Waals surface area contributed by atoms with Crippen LogP contribution in [0.25, 0.3) is 11.3 Å². The molecule has 3 rings (SSSR count). The number of fused-ring (bicyclic) bond motifs is 1. The highest BCUT2D eigenvalue weighted by molar-refractivity contribution is 5.72. The van der Waals surface area contributed by atoms with Crippen LogP contribution in [-0.4, -0.2) is 16.7 Å². The summed E-state index contributed by atoms with van der Waals surface area (Å²) in [6.45, 7) is 0.446. The van der Waals surface area contributed by atoms with E-state index in [1.54, 1.807) is 0 Å². The predicted octanol–water partition coefficient (Wildman–Crippen LogP) is 1.41. The number of aromatic nitrogens is 1. The number of hydrogen-bond donors (Lipinski definition) is 2. The third-order valence-electron chi connectivity index (χ3n) is 2.62. The second-order valence-corrected chi connectivity index (χ2v) is 3.73. The zero-order valence-electron chi connectivity index (χ0n) is 8.62. The molecule has 1 aromatic heterocycles. The lowest BCUT2D eigenvalue weighted by atomic mass is 10.1.